The summed E-state index contributed by atoms with van der Waals surface area (Å²) in [6.45, 7) is 4.08. The van der Waals surface area contributed by atoms with Crippen LogP contribution in [0.5, 0.6) is 0 Å². The van der Waals surface area contributed by atoms with Crippen molar-refractivity contribution in [1.29, 1.82) is 5.26 Å². The molecule has 1 saturated heterocycles. The quantitative estimate of drug-likeness (QED) is 0.699. The van der Waals surface area contributed by atoms with E-state index in [0.717, 1.165) is 24.6 Å². The monoisotopic (exact) mass is 201 g/mol. The molecule has 1 aliphatic heterocycles. The Labute approximate surface area is 90.4 Å². The summed E-state index contributed by atoms with van der Waals surface area (Å²) in [7, 11) is 0. The van der Waals surface area contributed by atoms with Gasteiger partial charge in [0.15, 0.2) is 0 Å². The zero-order valence-corrected chi connectivity index (χ0v) is 9.03. The lowest BCUT2D eigenvalue weighted by molar-refractivity contribution is 0.573. The number of aryl methyl sites for hydroxylation is 1. The van der Waals surface area contributed by atoms with Crippen LogP contribution in [0.15, 0.2) is 12.1 Å². The van der Waals surface area contributed by atoms with E-state index in [0.29, 0.717) is 5.56 Å². The van der Waals surface area contributed by atoms with Gasteiger partial charge in [0.2, 0.25) is 0 Å². The highest BCUT2D eigenvalue weighted by molar-refractivity contribution is 5.46. The standard InChI is InChI=1S/C12H15N3/c1-10-7-11(9-13)8-12(14-10)15-5-3-2-4-6-15/h7-8H,2-6H2,1H3. The number of hydrogen-bond acceptors (Lipinski definition) is 3. The molecule has 2 heterocycles. The van der Waals surface area contributed by atoms with E-state index in [4.69, 9.17) is 5.26 Å². The molecule has 1 aromatic heterocycles. The molecule has 0 spiro atoms. The second-order valence-corrected chi connectivity index (χ2v) is 4.01. The Morgan fingerprint density at radius 3 is 2.67 bits per heavy atom. The molecule has 0 aromatic carbocycles. The molecule has 78 valence electrons. The minimum Gasteiger partial charge on any atom is -0.357 e. The van der Waals surface area contributed by atoms with Crippen LogP contribution < -0.4 is 4.90 Å². The predicted octanol–water partition coefficient (Wildman–Crippen LogP) is 2.25. The van der Waals surface area contributed by atoms with Crippen LogP contribution in [0.2, 0.25) is 0 Å². The maximum Gasteiger partial charge on any atom is 0.130 e. The molecule has 1 fully saturated rings. The molecule has 15 heavy (non-hydrogen) atoms. The molecule has 2 rings (SSSR count). The largest absolute Gasteiger partial charge is 0.357 e. The zero-order chi connectivity index (χ0) is 10.7. The van der Waals surface area contributed by atoms with Crippen molar-refractivity contribution in [3.8, 4) is 6.07 Å². The summed E-state index contributed by atoms with van der Waals surface area (Å²) in [4.78, 5) is 6.76. The van der Waals surface area contributed by atoms with Crippen LogP contribution in [-0.4, -0.2) is 18.1 Å². The SMILES string of the molecule is Cc1cc(C#N)cc(N2CCCCC2)n1. The lowest BCUT2D eigenvalue weighted by Gasteiger charge is -2.27. The summed E-state index contributed by atoms with van der Waals surface area (Å²) in [5, 5.41) is 8.89. The van der Waals surface area contributed by atoms with E-state index in [1.807, 2.05) is 19.1 Å². The Hall–Kier alpha value is -1.56. The lowest BCUT2D eigenvalue weighted by atomic mass is 10.1. The van der Waals surface area contributed by atoms with Crippen LogP contribution >= 0.6 is 0 Å². The highest BCUT2D eigenvalue weighted by Gasteiger charge is 2.12. The van der Waals surface area contributed by atoms with Crippen molar-refractivity contribution >= 4 is 5.82 Å². The molecule has 0 saturated carbocycles. The molecule has 0 unspecified atom stereocenters. The van der Waals surface area contributed by atoms with Crippen molar-refractivity contribution in [3.05, 3.63) is 23.4 Å². The fourth-order valence-electron chi connectivity index (χ4n) is 2.00. The van der Waals surface area contributed by atoms with E-state index < -0.39 is 0 Å². The van der Waals surface area contributed by atoms with Gasteiger partial charge in [-0.1, -0.05) is 0 Å². The van der Waals surface area contributed by atoms with E-state index in [1.165, 1.54) is 19.3 Å². The number of nitriles is 1. The number of rotatable bonds is 1. The van der Waals surface area contributed by atoms with Gasteiger partial charge in [-0.25, -0.2) is 4.98 Å². The first-order valence-electron chi connectivity index (χ1n) is 5.43. The summed E-state index contributed by atoms with van der Waals surface area (Å²) in [5.74, 6) is 0.964. The highest BCUT2D eigenvalue weighted by atomic mass is 15.2. The molecule has 0 radical (unpaired) electrons. The van der Waals surface area contributed by atoms with E-state index >= 15 is 0 Å². The molecule has 0 N–H and O–H groups in total. The van der Waals surface area contributed by atoms with Crippen molar-refractivity contribution in [2.75, 3.05) is 18.0 Å². The van der Waals surface area contributed by atoms with Crippen LogP contribution in [0, 0.1) is 18.3 Å². The van der Waals surface area contributed by atoms with Gasteiger partial charge in [-0.3, -0.25) is 0 Å². The van der Waals surface area contributed by atoms with Gasteiger partial charge in [-0.2, -0.15) is 5.26 Å². The van der Waals surface area contributed by atoms with Crippen molar-refractivity contribution in [3.63, 3.8) is 0 Å². The Bertz CT molecular complexity index is 386. The smallest absolute Gasteiger partial charge is 0.130 e. The van der Waals surface area contributed by atoms with Crippen molar-refractivity contribution in [2.24, 2.45) is 0 Å². The third-order valence-corrected chi connectivity index (χ3v) is 2.75. The summed E-state index contributed by atoms with van der Waals surface area (Å²) in [6.07, 6.45) is 3.78. The maximum atomic E-state index is 8.89. The van der Waals surface area contributed by atoms with Crippen molar-refractivity contribution in [2.45, 2.75) is 26.2 Å². The lowest BCUT2D eigenvalue weighted by Crippen LogP contribution is -2.30. The number of pyridine rings is 1. The maximum absolute atomic E-state index is 8.89. The molecule has 3 nitrogen and oxygen atoms in total. The van der Waals surface area contributed by atoms with Crippen LogP contribution in [0.4, 0.5) is 5.82 Å². The molecule has 0 aliphatic carbocycles. The fraction of sp³-hybridized carbons (Fsp3) is 0.500. The van der Waals surface area contributed by atoms with Gasteiger partial charge in [-0.05, 0) is 38.3 Å². The highest BCUT2D eigenvalue weighted by Crippen LogP contribution is 2.19. The van der Waals surface area contributed by atoms with Gasteiger partial charge < -0.3 is 4.90 Å². The van der Waals surface area contributed by atoms with Crippen LogP contribution in [0.25, 0.3) is 0 Å². The number of hydrogen-bond donors (Lipinski definition) is 0. The Balaban J connectivity index is 2.27. The van der Waals surface area contributed by atoms with Crippen molar-refractivity contribution < 1.29 is 0 Å². The first-order valence-corrected chi connectivity index (χ1v) is 5.43. The predicted molar refractivity (Wildman–Crippen MR) is 59.8 cm³/mol. The molecule has 0 atom stereocenters. The topological polar surface area (TPSA) is 39.9 Å². The Kier molecular flexibility index (Phi) is 2.86. The molecule has 0 bridgehead atoms. The van der Waals surface area contributed by atoms with Crippen LogP contribution in [-0.2, 0) is 0 Å². The molecule has 1 aromatic rings. The molecular weight excluding hydrogens is 186 g/mol. The van der Waals surface area contributed by atoms with Crippen molar-refractivity contribution in [1.82, 2.24) is 4.98 Å². The summed E-state index contributed by atoms with van der Waals surface area (Å²) >= 11 is 0. The van der Waals surface area contributed by atoms with Crippen LogP contribution in [0.1, 0.15) is 30.5 Å². The van der Waals surface area contributed by atoms with Gasteiger partial charge in [0.05, 0.1) is 11.6 Å². The third-order valence-electron chi connectivity index (χ3n) is 2.75. The molecular formula is C12H15N3. The average Bonchev–Trinajstić information content (AvgIpc) is 2.29. The number of aromatic nitrogens is 1. The second kappa shape index (κ2) is 4.31. The number of nitrogens with zero attached hydrogens (tertiary/aromatic N) is 3. The minimum atomic E-state index is 0.711. The van der Waals surface area contributed by atoms with E-state index in [2.05, 4.69) is 16.0 Å². The summed E-state index contributed by atoms with van der Waals surface area (Å²) in [5.41, 5.74) is 1.64. The summed E-state index contributed by atoms with van der Waals surface area (Å²) < 4.78 is 0. The van der Waals surface area contributed by atoms with Gasteiger partial charge in [-0.15, -0.1) is 0 Å². The second-order valence-electron chi connectivity index (χ2n) is 4.01. The zero-order valence-electron chi connectivity index (χ0n) is 9.03. The van der Waals surface area contributed by atoms with Gasteiger partial charge in [0, 0.05) is 18.8 Å². The van der Waals surface area contributed by atoms with E-state index in [9.17, 15) is 0 Å². The summed E-state index contributed by atoms with van der Waals surface area (Å²) in [6, 6.07) is 5.89. The first kappa shape index (κ1) is 9.97. The van der Waals surface area contributed by atoms with Gasteiger partial charge >= 0.3 is 0 Å². The Morgan fingerprint density at radius 2 is 2.00 bits per heavy atom. The first-order chi connectivity index (χ1) is 7.29. The van der Waals surface area contributed by atoms with E-state index in [1.54, 1.807) is 0 Å². The third kappa shape index (κ3) is 2.27. The van der Waals surface area contributed by atoms with Crippen LogP contribution in [0.3, 0.4) is 0 Å². The number of anilines is 1. The molecule has 1 aliphatic rings. The van der Waals surface area contributed by atoms with Gasteiger partial charge in [0.25, 0.3) is 0 Å². The average molecular weight is 201 g/mol. The minimum absolute atomic E-state index is 0.711. The van der Waals surface area contributed by atoms with E-state index in [-0.39, 0.29) is 0 Å². The Morgan fingerprint density at radius 1 is 1.27 bits per heavy atom. The fourth-order valence-corrected chi connectivity index (χ4v) is 2.00. The normalized spacial score (nSPS) is 16.1. The van der Waals surface area contributed by atoms with Gasteiger partial charge in [0.1, 0.15) is 5.82 Å². The molecule has 3 heteroatoms. The number of piperidine rings is 1. The molecule has 0 amide bonds.